The lowest BCUT2D eigenvalue weighted by molar-refractivity contribution is 0.798. The molecule has 1 unspecified atom stereocenters. The van der Waals surface area contributed by atoms with Crippen molar-refractivity contribution in [2.45, 2.75) is 26.2 Å². The Morgan fingerprint density at radius 3 is 2.64 bits per heavy atom. The Morgan fingerprint density at radius 2 is 2.00 bits per heavy atom. The number of unbranched alkanes of at least 4 members (excludes halogenated alkanes) is 1. The standard InChI is InChI=1S/C10H15P/c1-2-3-6-9-7-4-5-8-10(9)11/h4-5,7-8H,2-3,6,11H2,1H3. The Hall–Kier alpha value is -0.350. The second-order valence-corrected chi connectivity index (χ2v) is 3.42. The minimum atomic E-state index is 1.22. The van der Waals surface area contributed by atoms with Crippen molar-refractivity contribution in [2.24, 2.45) is 0 Å². The Morgan fingerprint density at radius 1 is 1.27 bits per heavy atom. The van der Waals surface area contributed by atoms with E-state index in [4.69, 9.17) is 0 Å². The summed E-state index contributed by atoms with van der Waals surface area (Å²) in [5.74, 6) is 0. The van der Waals surface area contributed by atoms with Crippen LogP contribution in [-0.4, -0.2) is 0 Å². The van der Waals surface area contributed by atoms with E-state index >= 15 is 0 Å². The fraction of sp³-hybridized carbons (Fsp3) is 0.400. The quantitative estimate of drug-likeness (QED) is 0.605. The van der Waals surface area contributed by atoms with Gasteiger partial charge in [-0.2, -0.15) is 0 Å². The molecule has 1 aromatic rings. The van der Waals surface area contributed by atoms with Crippen molar-refractivity contribution in [1.29, 1.82) is 0 Å². The monoisotopic (exact) mass is 166 g/mol. The average Bonchev–Trinajstić information content (AvgIpc) is 2.03. The summed E-state index contributed by atoms with van der Waals surface area (Å²) < 4.78 is 0. The second-order valence-electron chi connectivity index (χ2n) is 2.80. The predicted octanol–water partition coefficient (Wildman–Crippen LogP) is 2.53. The molecule has 1 aromatic carbocycles. The van der Waals surface area contributed by atoms with Gasteiger partial charge in [0.2, 0.25) is 0 Å². The van der Waals surface area contributed by atoms with Crippen LogP contribution < -0.4 is 5.30 Å². The lowest BCUT2D eigenvalue weighted by atomic mass is 10.1. The number of hydrogen-bond acceptors (Lipinski definition) is 0. The summed E-state index contributed by atoms with van der Waals surface area (Å²) in [5.41, 5.74) is 1.47. The molecule has 0 aliphatic carbocycles. The zero-order chi connectivity index (χ0) is 8.10. The fourth-order valence-corrected chi connectivity index (χ4v) is 1.48. The minimum absolute atomic E-state index is 1.22. The van der Waals surface area contributed by atoms with Crippen LogP contribution in [0.25, 0.3) is 0 Å². The first kappa shape index (κ1) is 8.74. The van der Waals surface area contributed by atoms with Gasteiger partial charge in [-0.25, -0.2) is 0 Å². The molecule has 0 aliphatic heterocycles. The van der Waals surface area contributed by atoms with Gasteiger partial charge in [-0.05, 0) is 23.7 Å². The summed E-state index contributed by atoms with van der Waals surface area (Å²) in [4.78, 5) is 0. The fourth-order valence-electron chi connectivity index (χ4n) is 1.13. The second kappa shape index (κ2) is 4.51. The van der Waals surface area contributed by atoms with E-state index in [0.717, 1.165) is 0 Å². The highest BCUT2D eigenvalue weighted by atomic mass is 31.0. The molecule has 1 heteroatoms. The summed E-state index contributed by atoms with van der Waals surface area (Å²) in [6.45, 7) is 2.23. The van der Waals surface area contributed by atoms with Gasteiger partial charge in [0.15, 0.2) is 0 Å². The molecule has 0 fully saturated rings. The van der Waals surface area contributed by atoms with Crippen molar-refractivity contribution < 1.29 is 0 Å². The Kier molecular flexibility index (Phi) is 3.59. The molecule has 0 N–H and O–H groups in total. The molecular weight excluding hydrogens is 151 g/mol. The first-order valence-electron chi connectivity index (χ1n) is 4.18. The molecule has 0 saturated carbocycles. The smallest absolute Gasteiger partial charge is 0.0271 e. The molecular formula is C10H15P. The molecule has 0 spiro atoms. The molecule has 0 radical (unpaired) electrons. The van der Waals surface area contributed by atoms with Crippen molar-refractivity contribution in [2.75, 3.05) is 0 Å². The average molecular weight is 166 g/mol. The van der Waals surface area contributed by atoms with E-state index in [-0.39, 0.29) is 0 Å². The van der Waals surface area contributed by atoms with E-state index < -0.39 is 0 Å². The molecule has 11 heavy (non-hydrogen) atoms. The largest absolute Gasteiger partial charge is 0.105 e. The Bertz CT molecular complexity index is 218. The van der Waals surface area contributed by atoms with Gasteiger partial charge in [0.1, 0.15) is 0 Å². The third-order valence-electron chi connectivity index (χ3n) is 1.85. The van der Waals surface area contributed by atoms with Crippen molar-refractivity contribution in [1.82, 2.24) is 0 Å². The van der Waals surface area contributed by atoms with E-state index in [0.29, 0.717) is 0 Å². The zero-order valence-corrected chi connectivity index (χ0v) is 8.16. The number of rotatable bonds is 3. The van der Waals surface area contributed by atoms with Gasteiger partial charge < -0.3 is 0 Å². The summed E-state index contributed by atoms with van der Waals surface area (Å²) in [6.07, 6.45) is 3.79. The van der Waals surface area contributed by atoms with Gasteiger partial charge in [0.05, 0.1) is 0 Å². The number of benzene rings is 1. The van der Waals surface area contributed by atoms with E-state index in [1.165, 1.54) is 30.1 Å². The lowest BCUT2D eigenvalue weighted by Crippen LogP contribution is -1.99. The maximum atomic E-state index is 2.78. The minimum Gasteiger partial charge on any atom is -0.105 e. The maximum Gasteiger partial charge on any atom is -0.0271 e. The van der Waals surface area contributed by atoms with Crippen molar-refractivity contribution in [3.63, 3.8) is 0 Å². The van der Waals surface area contributed by atoms with Crippen LogP contribution in [0.3, 0.4) is 0 Å². The van der Waals surface area contributed by atoms with Gasteiger partial charge in [0.25, 0.3) is 0 Å². The van der Waals surface area contributed by atoms with E-state index in [9.17, 15) is 0 Å². The van der Waals surface area contributed by atoms with E-state index in [1.54, 1.807) is 0 Å². The van der Waals surface area contributed by atoms with Gasteiger partial charge in [-0.15, -0.1) is 9.24 Å². The molecule has 0 bridgehead atoms. The summed E-state index contributed by atoms with van der Waals surface area (Å²) in [6, 6.07) is 8.55. The highest BCUT2D eigenvalue weighted by molar-refractivity contribution is 7.27. The third-order valence-corrected chi connectivity index (χ3v) is 2.42. The lowest BCUT2D eigenvalue weighted by Gasteiger charge is -2.02. The number of hydrogen-bond donors (Lipinski definition) is 0. The molecule has 1 atom stereocenters. The Balaban J connectivity index is 2.62. The molecule has 0 aromatic heterocycles. The molecule has 1 rings (SSSR count). The summed E-state index contributed by atoms with van der Waals surface area (Å²) >= 11 is 0. The summed E-state index contributed by atoms with van der Waals surface area (Å²) in [5, 5.41) is 1.35. The van der Waals surface area contributed by atoms with Crippen LogP contribution in [0.4, 0.5) is 0 Å². The number of aryl methyl sites for hydroxylation is 1. The SMILES string of the molecule is CCCCc1ccccc1P. The van der Waals surface area contributed by atoms with Gasteiger partial charge in [-0.3, -0.25) is 0 Å². The van der Waals surface area contributed by atoms with Crippen LogP contribution in [0, 0.1) is 0 Å². The van der Waals surface area contributed by atoms with Gasteiger partial charge >= 0.3 is 0 Å². The topological polar surface area (TPSA) is 0 Å². The van der Waals surface area contributed by atoms with E-state index in [1.807, 2.05) is 0 Å². The van der Waals surface area contributed by atoms with Crippen molar-refractivity contribution in [3.8, 4) is 0 Å². The maximum absolute atomic E-state index is 2.78. The van der Waals surface area contributed by atoms with Crippen LogP contribution >= 0.6 is 9.24 Å². The highest BCUT2D eigenvalue weighted by Gasteiger charge is 1.94. The first-order chi connectivity index (χ1) is 5.34. The summed E-state index contributed by atoms with van der Waals surface area (Å²) in [7, 11) is 2.78. The zero-order valence-electron chi connectivity index (χ0n) is 7.01. The van der Waals surface area contributed by atoms with E-state index in [2.05, 4.69) is 40.4 Å². The first-order valence-corrected chi connectivity index (χ1v) is 4.75. The predicted molar refractivity (Wildman–Crippen MR) is 54.4 cm³/mol. The molecule has 0 heterocycles. The normalized spacial score (nSPS) is 10.0. The molecule has 60 valence electrons. The van der Waals surface area contributed by atoms with Crippen LogP contribution in [0.2, 0.25) is 0 Å². The van der Waals surface area contributed by atoms with Crippen LogP contribution in [0.15, 0.2) is 24.3 Å². The van der Waals surface area contributed by atoms with Gasteiger partial charge in [-0.1, -0.05) is 37.6 Å². The van der Waals surface area contributed by atoms with Crippen molar-refractivity contribution >= 4 is 14.5 Å². The highest BCUT2D eigenvalue weighted by Crippen LogP contribution is 2.04. The van der Waals surface area contributed by atoms with Crippen LogP contribution in [0.1, 0.15) is 25.3 Å². The molecule has 0 aliphatic rings. The van der Waals surface area contributed by atoms with Gasteiger partial charge in [0, 0.05) is 0 Å². The van der Waals surface area contributed by atoms with Crippen LogP contribution in [-0.2, 0) is 6.42 Å². The van der Waals surface area contributed by atoms with Crippen LogP contribution in [0.5, 0.6) is 0 Å². The molecule has 0 amide bonds. The molecule has 0 nitrogen and oxygen atoms in total. The Labute approximate surface area is 71.2 Å². The third kappa shape index (κ3) is 2.63. The molecule has 0 saturated heterocycles. The van der Waals surface area contributed by atoms with Crippen molar-refractivity contribution in [3.05, 3.63) is 29.8 Å².